The molecule has 0 spiro atoms. The van der Waals surface area contributed by atoms with Gasteiger partial charge in [0.1, 0.15) is 0 Å². The van der Waals surface area contributed by atoms with Crippen molar-refractivity contribution in [2.24, 2.45) is 11.5 Å². The molecule has 0 aromatic heterocycles. The molecule has 1 aromatic rings. The minimum absolute atomic E-state index is 0.115. The molecule has 2 nitrogen and oxygen atoms in total. The smallest absolute Gasteiger partial charge is 0.330 e. The maximum absolute atomic E-state index is 12.1. The van der Waals surface area contributed by atoms with E-state index in [4.69, 9.17) is 11.5 Å². The average molecular weight is 278 g/mol. The molecule has 0 aliphatic heterocycles. The predicted octanol–water partition coefficient (Wildman–Crippen LogP) is 3.43. The molecule has 1 aromatic carbocycles. The van der Waals surface area contributed by atoms with Crippen LogP contribution in [-0.2, 0) is 0 Å². The van der Waals surface area contributed by atoms with Crippen molar-refractivity contribution < 1.29 is 13.2 Å². The molecule has 0 fully saturated rings. The summed E-state index contributed by atoms with van der Waals surface area (Å²) in [4.78, 5) is 0.181. The van der Waals surface area contributed by atoms with Gasteiger partial charge in [-0.25, -0.2) is 0 Å². The van der Waals surface area contributed by atoms with Gasteiger partial charge in [0.2, 0.25) is 0 Å². The van der Waals surface area contributed by atoms with Crippen molar-refractivity contribution >= 4 is 11.8 Å². The van der Waals surface area contributed by atoms with Crippen molar-refractivity contribution in [3.05, 3.63) is 29.8 Å². The fourth-order valence-electron chi connectivity index (χ4n) is 1.59. The summed E-state index contributed by atoms with van der Waals surface area (Å²) in [7, 11) is 0. The second-order valence-electron chi connectivity index (χ2n) is 4.01. The summed E-state index contributed by atoms with van der Waals surface area (Å²) in [5, 5.41) is 0. The molecular weight excluding hydrogens is 261 g/mol. The van der Waals surface area contributed by atoms with E-state index in [2.05, 4.69) is 0 Å². The Balaban J connectivity index is 2.54. The van der Waals surface area contributed by atoms with Gasteiger partial charge in [0, 0.05) is 10.9 Å². The zero-order valence-electron chi connectivity index (χ0n) is 9.91. The van der Waals surface area contributed by atoms with E-state index in [1.807, 2.05) is 0 Å². The Morgan fingerprint density at radius 3 is 2.22 bits per heavy atom. The maximum atomic E-state index is 12.1. The summed E-state index contributed by atoms with van der Waals surface area (Å²) < 4.78 is 36.4. The van der Waals surface area contributed by atoms with Crippen LogP contribution in [-0.4, -0.2) is 12.1 Å². The van der Waals surface area contributed by atoms with E-state index in [9.17, 15) is 13.2 Å². The van der Waals surface area contributed by atoms with Gasteiger partial charge in [-0.05, 0) is 48.8 Å². The second kappa shape index (κ2) is 7.01. The highest BCUT2D eigenvalue weighted by Gasteiger charge is 2.29. The summed E-state index contributed by atoms with van der Waals surface area (Å²) in [6.07, 6.45) is 2.63. The SMILES string of the molecule is NCCCC[C@H](N)c1ccc(SC(F)(F)F)cc1. The van der Waals surface area contributed by atoms with E-state index in [1.54, 1.807) is 12.1 Å². The van der Waals surface area contributed by atoms with Gasteiger partial charge in [-0.15, -0.1) is 0 Å². The Labute approximate surface area is 109 Å². The van der Waals surface area contributed by atoms with Crippen LogP contribution < -0.4 is 11.5 Å². The quantitative estimate of drug-likeness (QED) is 0.619. The molecule has 0 saturated carbocycles. The molecule has 0 bridgehead atoms. The number of rotatable bonds is 6. The van der Waals surface area contributed by atoms with Gasteiger partial charge >= 0.3 is 5.51 Å². The van der Waals surface area contributed by atoms with Crippen LogP contribution in [0.5, 0.6) is 0 Å². The van der Waals surface area contributed by atoms with E-state index in [-0.39, 0.29) is 22.7 Å². The molecule has 0 radical (unpaired) electrons. The number of unbranched alkanes of at least 4 members (excludes halogenated alkanes) is 1. The molecule has 0 aliphatic rings. The van der Waals surface area contributed by atoms with E-state index in [0.29, 0.717) is 6.54 Å². The zero-order chi connectivity index (χ0) is 13.6. The largest absolute Gasteiger partial charge is 0.446 e. The monoisotopic (exact) mass is 278 g/mol. The highest BCUT2D eigenvalue weighted by atomic mass is 32.2. The zero-order valence-corrected chi connectivity index (χ0v) is 10.7. The first kappa shape index (κ1) is 15.3. The first-order chi connectivity index (χ1) is 8.42. The lowest BCUT2D eigenvalue weighted by Crippen LogP contribution is -2.11. The van der Waals surface area contributed by atoms with E-state index < -0.39 is 5.51 Å². The van der Waals surface area contributed by atoms with Gasteiger partial charge in [0.15, 0.2) is 0 Å². The van der Waals surface area contributed by atoms with Crippen LogP contribution >= 0.6 is 11.8 Å². The highest BCUT2D eigenvalue weighted by molar-refractivity contribution is 8.00. The standard InChI is InChI=1S/C12H17F3N2S/c13-12(14,15)18-10-6-4-9(5-7-10)11(17)3-1-2-8-16/h4-7,11H,1-3,8,16-17H2/t11-/m0/s1. The molecule has 0 unspecified atom stereocenters. The van der Waals surface area contributed by atoms with Gasteiger partial charge in [-0.2, -0.15) is 13.2 Å². The number of hydrogen-bond acceptors (Lipinski definition) is 3. The van der Waals surface area contributed by atoms with Crippen LogP contribution in [0.3, 0.4) is 0 Å². The molecule has 0 amide bonds. The molecule has 0 aliphatic carbocycles. The lowest BCUT2D eigenvalue weighted by Gasteiger charge is -2.12. The van der Waals surface area contributed by atoms with Crippen molar-refractivity contribution in [3.63, 3.8) is 0 Å². The number of hydrogen-bond donors (Lipinski definition) is 2. The van der Waals surface area contributed by atoms with Crippen LogP contribution in [0.15, 0.2) is 29.2 Å². The van der Waals surface area contributed by atoms with Crippen LogP contribution in [0.2, 0.25) is 0 Å². The Kier molecular flexibility index (Phi) is 5.98. The van der Waals surface area contributed by atoms with Crippen LogP contribution in [0.1, 0.15) is 30.9 Å². The van der Waals surface area contributed by atoms with Gasteiger partial charge in [-0.1, -0.05) is 18.6 Å². The molecule has 1 rings (SSSR count). The average Bonchev–Trinajstić information content (AvgIpc) is 2.28. The number of halogens is 3. The Morgan fingerprint density at radius 2 is 1.72 bits per heavy atom. The van der Waals surface area contributed by atoms with Gasteiger partial charge in [0.25, 0.3) is 0 Å². The number of alkyl halides is 3. The molecule has 18 heavy (non-hydrogen) atoms. The second-order valence-corrected chi connectivity index (χ2v) is 5.15. The maximum Gasteiger partial charge on any atom is 0.446 e. The fraction of sp³-hybridized carbons (Fsp3) is 0.500. The van der Waals surface area contributed by atoms with Gasteiger partial charge in [-0.3, -0.25) is 0 Å². The Morgan fingerprint density at radius 1 is 1.11 bits per heavy atom. The Bertz CT molecular complexity index is 351. The first-order valence-electron chi connectivity index (χ1n) is 5.74. The molecular formula is C12H17F3N2S. The molecule has 1 atom stereocenters. The van der Waals surface area contributed by atoms with Crippen molar-refractivity contribution in [1.29, 1.82) is 0 Å². The number of benzene rings is 1. The minimum atomic E-state index is -4.25. The molecule has 0 saturated heterocycles. The fourth-order valence-corrected chi connectivity index (χ4v) is 2.13. The third kappa shape index (κ3) is 5.75. The highest BCUT2D eigenvalue weighted by Crippen LogP contribution is 2.37. The van der Waals surface area contributed by atoms with Gasteiger partial charge < -0.3 is 11.5 Å². The van der Waals surface area contributed by atoms with Crippen LogP contribution in [0.4, 0.5) is 13.2 Å². The lowest BCUT2D eigenvalue weighted by molar-refractivity contribution is -0.0328. The number of nitrogens with two attached hydrogens (primary N) is 2. The summed E-state index contributed by atoms with van der Waals surface area (Å²) in [5.74, 6) is 0. The van der Waals surface area contributed by atoms with Crippen molar-refractivity contribution in [2.45, 2.75) is 35.7 Å². The van der Waals surface area contributed by atoms with Crippen molar-refractivity contribution in [2.75, 3.05) is 6.54 Å². The predicted molar refractivity (Wildman–Crippen MR) is 68.2 cm³/mol. The summed E-state index contributed by atoms with van der Waals surface area (Å²) in [5.41, 5.74) is 7.94. The third-order valence-electron chi connectivity index (χ3n) is 2.51. The van der Waals surface area contributed by atoms with E-state index in [0.717, 1.165) is 24.8 Å². The van der Waals surface area contributed by atoms with Crippen molar-refractivity contribution in [1.82, 2.24) is 0 Å². The Hall–Kier alpha value is -0.720. The summed E-state index contributed by atoms with van der Waals surface area (Å²) in [6.45, 7) is 0.633. The first-order valence-corrected chi connectivity index (χ1v) is 6.55. The molecule has 4 N–H and O–H groups in total. The normalized spacial score (nSPS) is 13.6. The molecule has 0 heterocycles. The van der Waals surface area contributed by atoms with Crippen LogP contribution in [0.25, 0.3) is 0 Å². The summed E-state index contributed by atoms with van der Waals surface area (Å²) >= 11 is -0.115. The lowest BCUT2D eigenvalue weighted by atomic mass is 10.0. The van der Waals surface area contributed by atoms with Gasteiger partial charge in [0.05, 0.1) is 0 Å². The summed E-state index contributed by atoms with van der Waals surface area (Å²) in [6, 6.07) is 6.08. The van der Waals surface area contributed by atoms with E-state index >= 15 is 0 Å². The van der Waals surface area contributed by atoms with E-state index in [1.165, 1.54) is 12.1 Å². The topological polar surface area (TPSA) is 52.0 Å². The van der Waals surface area contributed by atoms with Crippen molar-refractivity contribution in [3.8, 4) is 0 Å². The molecule has 102 valence electrons. The minimum Gasteiger partial charge on any atom is -0.330 e. The molecule has 6 heteroatoms. The third-order valence-corrected chi connectivity index (χ3v) is 3.25. The number of thioether (sulfide) groups is 1. The van der Waals surface area contributed by atoms with Crippen LogP contribution in [0, 0.1) is 0 Å².